The molecule has 0 heterocycles. The van der Waals surface area contributed by atoms with Gasteiger partial charge in [-0.05, 0) is 17.7 Å². The zero-order valence-electron chi connectivity index (χ0n) is 7.02. The van der Waals surface area contributed by atoms with Crippen LogP contribution in [0.1, 0.15) is 13.8 Å². The fraction of sp³-hybridized carbons (Fsp3) is 0.300. The molecule has 1 N–H and O–H groups in total. The number of nitrogens with one attached hydrogen (secondary N) is 1. The molecule has 1 aliphatic rings. The lowest BCUT2D eigenvalue weighted by molar-refractivity contribution is 0.599. The van der Waals surface area contributed by atoms with Gasteiger partial charge in [-0.3, -0.25) is 0 Å². The normalized spacial score (nSPS) is 22.0. The molecule has 1 heteroatoms. The van der Waals surface area contributed by atoms with E-state index in [2.05, 4.69) is 20.4 Å². The lowest BCUT2D eigenvalue weighted by Crippen LogP contribution is -2.07. The number of rotatable bonds is 0. The van der Waals surface area contributed by atoms with E-state index >= 15 is 0 Å². The fourth-order valence-electron chi connectivity index (χ4n) is 0.866. The molecule has 0 fully saturated rings. The SMILES string of the molecule is C=C1C=CC(=N)C=CC1(C)C. The Labute approximate surface area is 67.6 Å². The molecule has 11 heavy (non-hydrogen) atoms. The van der Waals surface area contributed by atoms with Gasteiger partial charge >= 0.3 is 0 Å². The first-order chi connectivity index (χ1) is 5.02. The molecule has 1 aliphatic carbocycles. The molecule has 0 aliphatic heterocycles. The zero-order valence-corrected chi connectivity index (χ0v) is 7.02. The molecule has 0 spiro atoms. The van der Waals surface area contributed by atoms with Crippen LogP contribution in [0.4, 0.5) is 0 Å². The summed E-state index contributed by atoms with van der Waals surface area (Å²) in [5.41, 5.74) is 1.59. The van der Waals surface area contributed by atoms with Gasteiger partial charge in [-0.1, -0.05) is 32.6 Å². The molecular formula is C10H13N. The van der Waals surface area contributed by atoms with E-state index in [-0.39, 0.29) is 5.41 Å². The van der Waals surface area contributed by atoms with Crippen molar-refractivity contribution in [1.82, 2.24) is 0 Å². The molecule has 0 aromatic heterocycles. The summed E-state index contributed by atoms with van der Waals surface area (Å²) in [6.45, 7) is 8.11. The van der Waals surface area contributed by atoms with E-state index in [0.29, 0.717) is 5.71 Å². The average molecular weight is 147 g/mol. The number of allylic oxidation sites excluding steroid dienone is 5. The minimum atomic E-state index is -0.000694. The van der Waals surface area contributed by atoms with Gasteiger partial charge < -0.3 is 5.41 Å². The monoisotopic (exact) mass is 147 g/mol. The van der Waals surface area contributed by atoms with Crippen molar-refractivity contribution in [3.05, 3.63) is 36.5 Å². The summed E-state index contributed by atoms with van der Waals surface area (Å²) in [5.74, 6) is 0. The molecule has 0 aromatic rings. The summed E-state index contributed by atoms with van der Waals surface area (Å²) in [6, 6.07) is 0. The van der Waals surface area contributed by atoms with Gasteiger partial charge in [-0.25, -0.2) is 0 Å². The Bertz CT molecular complexity index is 254. The molecular weight excluding hydrogens is 134 g/mol. The van der Waals surface area contributed by atoms with Crippen LogP contribution in [-0.4, -0.2) is 5.71 Å². The second-order valence-electron chi connectivity index (χ2n) is 3.37. The molecule has 0 saturated heterocycles. The van der Waals surface area contributed by atoms with Gasteiger partial charge in [-0.2, -0.15) is 0 Å². The summed E-state index contributed by atoms with van der Waals surface area (Å²) >= 11 is 0. The summed E-state index contributed by atoms with van der Waals surface area (Å²) in [4.78, 5) is 0. The van der Waals surface area contributed by atoms with Crippen molar-refractivity contribution in [3.8, 4) is 0 Å². The van der Waals surface area contributed by atoms with Gasteiger partial charge in [0.05, 0.1) is 5.71 Å². The van der Waals surface area contributed by atoms with E-state index in [0.717, 1.165) is 5.57 Å². The maximum Gasteiger partial charge on any atom is 0.0537 e. The van der Waals surface area contributed by atoms with Crippen molar-refractivity contribution in [2.45, 2.75) is 13.8 Å². The first-order valence-electron chi connectivity index (χ1n) is 3.67. The molecule has 0 bridgehead atoms. The van der Waals surface area contributed by atoms with Gasteiger partial charge in [-0.15, -0.1) is 0 Å². The van der Waals surface area contributed by atoms with Crippen molar-refractivity contribution < 1.29 is 0 Å². The zero-order chi connectivity index (χ0) is 8.48. The van der Waals surface area contributed by atoms with Crippen molar-refractivity contribution >= 4 is 5.71 Å². The maximum absolute atomic E-state index is 7.38. The van der Waals surface area contributed by atoms with Crippen LogP contribution in [0.15, 0.2) is 36.5 Å². The summed E-state index contributed by atoms with van der Waals surface area (Å²) < 4.78 is 0. The third-order valence-electron chi connectivity index (χ3n) is 1.97. The molecule has 0 unspecified atom stereocenters. The van der Waals surface area contributed by atoms with Crippen LogP contribution >= 0.6 is 0 Å². The topological polar surface area (TPSA) is 23.9 Å². The quantitative estimate of drug-likeness (QED) is 0.544. The number of hydrogen-bond acceptors (Lipinski definition) is 1. The standard InChI is InChI=1S/C10H13N/c1-8-4-5-9(11)6-7-10(8,2)3/h4-7,11H,1H2,2-3H3. The Morgan fingerprint density at radius 1 is 1.27 bits per heavy atom. The maximum atomic E-state index is 7.38. The Balaban J connectivity index is 3.05. The van der Waals surface area contributed by atoms with Crippen LogP contribution in [0.3, 0.4) is 0 Å². The highest BCUT2D eigenvalue weighted by atomic mass is 14.4. The summed E-state index contributed by atoms with van der Waals surface area (Å²) in [5, 5.41) is 7.38. The minimum absolute atomic E-state index is 0.000694. The molecule has 0 saturated carbocycles. The Hall–Kier alpha value is -1.11. The van der Waals surface area contributed by atoms with Gasteiger partial charge in [0, 0.05) is 5.41 Å². The van der Waals surface area contributed by atoms with Crippen LogP contribution in [0.25, 0.3) is 0 Å². The summed E-state index contributed by atoms with van der Waals surface area (Å²) in [6.07, 6.45) is 7.50. The van der Waals surface area contributed by atoms with Crippen molar-refractivity contribution in [1.29, 1.82) is 5.41 Å². The van der Waals surface area contributed by atoms with E-state index in [1.54, 1.807) is 6.08 Å². The van der Waals surface area contributed by atoms with E-state index in [4.69, 9.17) is 5.41 Å². The van der Waals surface area contributed by atoms with Gasteiger partial charge in [0.25, 0.3) is 0 Å². The van der Waals surface area contributed by atoms with Crippen LogP contribution < -0.4 is 0 Å². The Morgan fingerprint density at radius 3 is 2.55 bits per heavy atom. The van der Waals surface area contributed by atoms with Gasteiger partial charge in [0.1, 0.15) is 0 Å². The highest BCUT2D eigenvalue weighted by molar-refractivity contribution is 6.02. The predicted molar refractivity (Wildman–Crippen MR) is 48.9 cm³/mol. The average Bonchev–Trinajstić information content (AvgIpc) is 2.03. The van der Waals surface area contributed by atoms with Gasteiger partial charge in [0.2, 0.25) is 0 Å². The molecule has 58 valence electrons. The van der Waals surface area contributed by atoms with Crippen LogP contribution in [0.5, 0.6) is 0 Å². The molecule has 0 atom stereocenters. The van der Waals surface area contributed by atoms with Crippen molar-refractivity contribution in [3.63, 3.8) is 0 Å². The molecule has 1 rings (SSSR count). The fourth-order valence-corrected chi connectivity index (χ4v) is 0.866. The molecule has 0 amide bonds. The van der Waals surface area contributed by atoms with Crippen LogP contribution in [-0.2, 0) is 0 Å². The molecule has 0 aromatic carbocycles. The second-order valence-corrected chi connectivity index (χ2v) is 3.37. The van der Waals surface area contributed by atoms with Crippen molar-refractivity contribution in [2.24, 2.45) is 5.41 Å². The van der Waals surface area contributed by atoms with Crippen molar-refractivity contribution in [2.75, 3.05) is 0 Å². The second kappa shape index (κ2) is 2.50. The first-order valence-corrected chi connectivity index (χ1v) is 3.67. The van der Waals surface area contributed by atoms with Crippen LogP contribution in [0, 0.1) is 10.8 Å². The highest BCUT2D eigenvalue weighted by Gasteiger charge is 2.17. The highest BCUT2D eigenvalue weighted by Crippen LogP contribution is 2.28. The number of hydrogen-bond donors (Lipinski definition) is 1. The minimum Gasteiger partial charge on any atom is -0.301 e. The van der Waals surface area contributed by atoms with E-state index in [1.165, 1.54) is 0 Å². The van der Waals surface area contributed by atoms with Gasteiger partial charge in [0.15, 0.2) is 0 Å². The molecule has 1 nitrogen and oxygen atoms in total. The first kappa shape index (κ1) is 7.99. The predicted octanol–water partition coefficient (Wildman–Crippen LogP) is 2.71. The van der Waals surface area contributed by atoms with E-state index in [1.807, 2.05) is 18.2 Å². The van der Waals surface area contributed by atoms with Crippen LogP contribution in [0.2, 0.25) is 0 Å². The Kier molecular flexibility index (Phi) is 1.81. The Morgan fingerprint density at radius 2 is 1.91 bits per heavy atom. The molecule has 0 radical (unpaired) electrons. The third-order valence-corrected chi connectivity index (χ3v) is 1.97. The third kappa shape index (κ3) is 1.67. The summed E-state index contributed by atoms with van der Waals surface area (Å²) in [7, 11) is 0. The lowest BCUT2D eigenvalue weighted by Gasteiger charge is -2.19. The van der Waals surface area contributed by atoms with E-state index in [9.17, 15) is 0 Å². The smallest absolute Gasteiger partial charge is 0.0537 e. The lowest BCUT2D eigenvalue weighted by atomic mass is 9.85. The largest absolute Gasteiger partial charge is 0.301 e. The van der Waals surface area contributed by atoms with E-state index < -0.39 is 0 Å².